The van der Waals surface area contributed by atoms with Crippen LogP contribution in [0.1, 0.15) is 18.1 Å². The van der Waals surface area contributed by atoms with Gasteiger partial charge >= 0.3 is 107 Å². The Bertz CT molecular complexity index is 399. The molecule has 80 valence electrons. The minimum absolute atomic E-state index is 0.369. The van der Waals surface area contributed by atoms with E-state index in [1.54, 1.807) is 0 Å². The second-order valence-electron chi connectivity index (χ2n) is 3.95. The van der Waals surface area contributed by atoms with Crippen molar-refractivity contribution in [1.29, 1.82) is 0 Å². The van der Waals surface area contributed by atoms with Gasteiger partial charge in [0.2, 0.25) is 0 Å². The standard InChI is InChI=1S/C14H13.FH.Sn/c1-12(13-8-4-2-5-9-13)14-10-6-3-7-11-14;;/h2-11H,1H3;1H;/q;;+1/p-1. The van der Waals surface area contributed by atoms with Crippen LogP contribution in [0.15, 0.2) is 60.7 Å². The first kappa shape index (κ1) is 11.6. The Labute approximate surface area is 107 Å². The summed E-state index contributed by atoms with van der Waals surface area (Å²) in [5.74, 6) is 0. The Morgan fingerprint density at radius 3 is 1.50 bits per heavy atom. The van der Waals surface area contributed by atoms with Crippen LogP contribution in [0.5, 0.6) is 0 Å². The Kier molecular flexibility index (Phi) is 3.64. The van der Waals surface area contributed by atoms with Gasteiger partial charge in [0.25, 0.3) is 0 Å². The molecular weight excluding hydrogens is 306 g/mol. The maximum atomic E-state index is 13.6. The molecule has 2 rings (SSSR count). The molecule has 0 saturated heterocycles. The van der Waals surface area contributed by atoms with Gasteiger partial charge in [0.15, 0.2) is 0 Å². The molecule has 0 atom stereocenters. The van der Waals surface area contributed by atoms with Crippen molar-refractivity contribution < 1.29 is 2.87 Å². The van der Waals surface area contributed by atoms with Crippen LogP contribution in [0.4, 0.5) is 2.87 Å². The zero-order chi connectivity index (χ0) is 11.4. The average Bonchev–Trinajstić information content (AvgIpc) is 2.40. The molecule has 2 aromatic rings. The number of hydrogen-bond donors (Lipinski definition) is 0. The second kappa shape index (κ2) is 5.00. The van der Waals surface area contributed by atoms with Gasteiger partial charge in [0, 0.05) is 0 Å². The van der Waals surface area contributed by atoms with Crippen molar-refractivity contribution in [2.45, 2.75) is 10.4 Å². The van der Waals surface area contributed by atoms with Gasteiger partial charge < -0.3 is 0 Å². The molecular formula is C14H13FSn. The summed E-state index contributed by atoms with van der Waals surface area (Å²) >= 11 is -1.95. The molecule has 0 unspecified atom stereocenters. The zero-order valence-corrected chi connectivity index (χ0v) is 12.0. The molecule has 2 heteroatoms. The maximum absolute atomic E-state index is 13.6. The molecule has 0 N–H and O–H groups in total. The van der Waals surface area contributed by atoms with E-state index in [-0.39, 0.29) is 3.43 Å². The molecule has 0 aliphatic carbocycles. The Morgan fingerprint density at radius 2 is 1.19 bits per heavy atom. The molecule has 2 aromatic carbocycles. The van der Waals surface area contributed by atoms with Gasteiger partial charge in [-0.15, -0.1) is 0 Å². The second-order valence-corrected chi connectivity index (χ2v) is 7.35. The molecule has 0 fully saturated rings. The van der Waals surface area contributed by atoms with Gasteiger partial charge in [-0.25, -0.2) is 0 Å². The van der Waals surface area contributed by atoms with Gasteiger partial charge in [-0.2, -0.15) is 0 Å². The summed E-state index contributed by atoms with van der Waals surface area (Å²) in [6.45, 7) is 2.02. The summed E-state index contributed by atoms with van der Waals surface area (Å²) in [5.41, 5.74) is 2.19. The molecule has 0 nitrogen and oxygen atoms in total. The monoisotopic (exact) mass is 320 g/mol. The third-order valence-electron chi connectivity index (χ3n) is 2.89. The fraction of sp³-hybridized carbons (Fsp3) is 0.143. The van der Waals surface area contributed by atoms with Gasteiger partial charge in [0.05, 0.1) is 0 Å². The van der Waals surface area contributed by atoms with Crippen molar-refractivity contribution in [1.82, 2.24) is 0 Å². The molecule has 0 spiro atoms. The molecule has 0 aliphatic heterocycles. The minimum atomic E-state index is -1.95. The van der Waals surface area contributed by atoms with E-state index in [9.17, 15) is 2.87 Å². The van der Waals surface area contributed by atoms with Crippen LogP contribution in [0.25, 0.3) is 0 Å². The van der Waals surface area contributed by atoms with E-state index in [1.165, 1.54) is 0 Å². The van der Waals surface area contributed by atoms with Crippen LogP contribution in [0, 0.1) is 0 Å². The van der Waals surface area contributed by atoms with Gasteiger partial charge in [0.1, 0.15) is 0 Å². The topological polar surface area (TPSA) is 0 Å². The van der Waals surface area contributed by atoms with Gasteiger partial charge in [-0.05, 0) is 0 Å². The Morgan fingerprint density at radius 1 is 0.812 bits per heavy atom. The normalized spacial score (nSPS) is 11.4. The quantitative estimate of drug-likeness (QED) is 0.759. The first-order valence-electron chi connectivity index (χ1n) is 5.26. The Balaban J connectivity index is 2.49. The molecule has 0 heterocycles. The number of benzene rings is 2. The number of rotatable bonds is 3. The predicted molar refractivity (Wildman–Crippen MR) is 66.2 cm³/mol. The van der Waals surface area contributed by atoms with Crippen LogP contribution in [-0.2, 0) is 3.43 Å². The third-order valence-corrected chi connectivity index (χ3v) is 5.62. The summed E-state index contributed by atoms with van der Waals surface area (Å²) in [7, 11) is 0. The number of hydrogen-bond acceptors (Lipinski definition) is 0. The van der Waals surface area contributed by atoms with Crippen LogP contribution >= 0.6 is 0 Å². The van der Waals surface area contributed by atoms with E-state index in [0.717, 1.165) is 11.1 Å². The summed E-state index contributed by atoms with van der Waals surface area (Å²) < 4.78 is 13.2. The van der Waals surface area contributed by atoms with Crippen molar-refractivity contribution in [3.63, 3.8) is 0 Å². The molecule has 2 radical (unpaired) electrons. The van der Waals surface area contributed by atoms with E-state index in [2.05, 4.69) is 0 Å². The number of halogens is 1. The third kappa shape index (κ3) is 2.14. The van der Waals surface area contributed by atoms with Crippen molar-refractivity contribution in [3.05, 3.63) is 71.8 Å². The van der Waals surface area contributed by atoms with Crippen LogP contribution in [-0.4, -0.2) is 21.7 Å². The predicted octanol–water partition coefficient (Wildman–Crippen LogP) is 3.54. The molecule has 0 saturated carbocycles. The summed E-state index contributed by atoms with van der Waals surface area (Å²) in [6, 6.07) is 19.9. The average molecular weight is 319 g/mol. The first-order valence-corrected chi connectivity index (χ1v) is 7.77. The summed E-state index contributed by atoms with van der Waals surface area (Å²) in [5, 5.41) is 0. The van der Waals surface area contributed by atoms with E-state index in [4.69, 9.17) is 0 Å². The van der Waals surface area contributed by atoms with Crippen molar-refractivity contribution in [3.8, 4) is 0 Å². The van der Waals surface area contributed by atoms with E-state index in [1.807, 2.05) is 67.6 Å². The molecule has 0 amide bonds. The van der Waals surface area contributed by atoms with E-state index >= 15 is 0 Å². The van der Waals surface area contributed by atoms with E-state index < -0.39 is 21.7 Å². The van der Waals surface area contributed by atoms with Gasteiger partial charge in [-0.1, -0.05) is 0 Å². The van der Waals surface area contributed by atoms with E-state index in [0.29, 0.717) is 0 Å². The van der Waals surface area contributed by atoms with Crippen LogP contribution < -0.4 is 0 Å². The summed E-state index contributed by atoms with van der Waals surface area (Å²) in [6.07, 6.45) is 0. The Hall–Kier alpha value is -0.831. The molecule has 0 bridgehead atoms. The summed E-state index contributed by atoms with van der Waals surface area (Å²) in [4.78, 5) is 0. The molecule has 0 aromatic heterocycles. The van der Waals surface area contributed by atoms with Crippen molar-refractivity contribution in [2.75, 3.05) is 0 Å². The molecule has 0 aliphatic rings. The fourth-order valence-electron chi connectivity index (χ4n) is 1.82. The van der Waals surface area contributed by atoms with Crippen LogP contribution in [0.2, 0.25) is 0 Å². The SMILES string of the molecule is C[C]([Sn][F])(c1ccccc1)c1ccccc1. The fourth-order valence-corrected chi connectivity index (χ4v) is 3.39. The van der Waals surface area contributed by atoms with Crippen molar-refractivity contribution in [2.24, 2.45) is 0 Å². The van der Waals surface area contributed by atoms with Crippen molar-refractivity contribution >= 4 is 21.7 Å². The first-order chi connectivity index (χ1) is 7.77. The zero-order valence-electron chi connectivity index (χ0n) is 9.15. The van der Waals surface area contributed by atoms with Crippen LogP contribution in [0.3, 0.4) is 0 Å². The molecule has 16 heavy (non-hydrogen) atoms. The van der Waals surface area contributed by atoms with Gasteiger partial charge in [-0.3, -0.25) is 0 Å².